The molecular weight excluding hydrogens is 200 g/mol. The van der Waals surface area contributed by atoms with Crippen LogP contribution in [0.15, 0.2) is 42.9 Å². The van der Waals surface area contributed by atoms with Gasteiger partial charge in [0.1, 0.15) is 0 Å². The summed E-state index contributed by atoms with van der Waals surface area (Å²) >= 11 is 0. The SMILES string of the molecule is Cc1cnc(-n2ncc3ccccc32)nc1. The van der Waals surface area contributed by atoms with Crippen LogP contribution >= 0.6 is 0 Å². The maximum atomic E-state index is 4.29. The Bertz CT molecular complexity index is 625. The van der Waals surface area contributed by atoms with Crippen LogP contribution in [0.1, 0.15) is 5.56 Å². The van der Waals surface area contributed by atoms with E-state index in [0.29, 0.717) is 5.95 Å². The average Bonchev–Trinajstić information content (AvgIpc) is 2.74. The molecule has 0 aliphatic rings. The molecule has 0 aliphatic heterocycles. The molecule has 2 heterocycles. The fraction of sp³-hybridized carbons (Fsp3) is 0.0833. The van der Waals surface area contributed by atoms with Crippen molar-refractivity contribution < 1.29 is 0 Å². The summed E-state index contributed by atoms with van der Waals surface area (Å²) in [4.78, 5) is 8.52. The maximum Gasteiger partial charge on any atom is 0.251 e. The Kier molecular flexibility index (Phi) is 1.93. The molecule has 78 valence electrons. The summed E-state index contributed by atoms with van der Waals surface area (Å²) in [6, 6.07) is 8.00. The molecule has 1 aromatic carbocycles. The predicted molar refractivity (Wildman–Crippen MR) is 61.4 cm³/mol. The van der Waals surface area contributed by atoms with Gasteiger partial charge in [0, 0.05) is 17.8 Å². The summed E-state index contributed by atoms with van der Waals surface area (Å²) < 4.78 is 1.74. The van der Waals surface area contributed by atoms with E-state index in [2.05, 4.69) is 15.1 Å². The van der Waals surface area contributed by atoms with Crippen molar-refractivity contribution in [2.24, 2.45) is 0 Å². The lowest BCUT2D eigenvalue weighted by Gasteiger charge is -2.00. The zero-order chi connectivity index (χ0) is 11.0. The largest absolute Gasteiger partial charge is 0.251 e. The lowest BCUT2D eigenvalue weighted by molar-refractivity contribution is 0.829. The highest BCUT2D eigenvalue weighted by Crippen LogP contribution is 2.15. The van der Waals surface area contributed by atoms with Gasteiger partial charge in [-0.25, -0.2) is 9.97 Å². The monoisotopic (exact) mass is 210 g/mol. The molecule has 16 heavy (non-hydrogen) atoms. The first kappa shape index (κ1) is 9.03. The summed E-state index contributed by atoms with van der Waals surface area (Å²) in [5.74, 6) is 0.604. The van der Waals surface area contributed by atoms with E-state index >= 15 is 0 Å². The Labute approximate surface area is 92.6 Å². The minimum Gasteiger partial charge on any atom is -0.219 e. The van der Waals surface area contributed by atoms with E-state index in [-0.39, 0.29) is 0 Å². The smallest absolute Gasteiger partial charge is 0.219 e. The van der Waals surface area contributed by atoms with Gasteiger partial charge in [-0.1, -0.05) is 18.2 Å². The topological polar surface area (TPSA) is 43.6 Å². The summed E-state index contributed by atoms with van der Waals surface area (Å²) in [6.07, 6.45) is 5.40. The first-order valence-corrected chi connectivity index (χ1v) is 5.06. The second-order valence-corrected chi connectivity index (χ2v) is 3.68. The highest BCUT2D eigenvalue weighted by atomic mass is 15.3. The first-order valence-electron chi connectivity index (χ1n) is 5.06. The number of aryl methyl sites for hydroxylation is 1. The van der Waals surface area contributed by atoms with Crippen molar-refractivity contribution in [2.75, 3.05) is 0 Å². The Hall–Kier alpha value is -2.23. The van der Waals surface area contributed by atoms with E-state index in [1.807, 2.05) is 37.4 Å². The van der Waals surface area contributed by atoms with Gasteiger partial charge in [0.05, 0.1) is 11.7 Å². The molecule has 0 spiro atoms. The van der Waals surface area contributed by atoms with Crippen LogP contribution in [-0.2, 0) is 0 Å². The fourth-order valence-corrected chi connectivity index (χ4v) is 1.63. The third-order valence-electron chi connectivity index (χ3n) is 2.43. The quantitative estimate of drug-likeness (QED) is 0.618. The third-order valence-corrected chi connectivity index (χ3v) is 2.43. The van der Waals surface area contributed by atoms with Crippen molar-refractivity contribution in [3.05, 3.63) is 48.4 Å². The Morgan fingerprint density at radius 1 is 1.00 bits per heavy atom. The van der Waals surface area contributed by atoms with Crippen molar-refractivity contribution in [1.82, 2.24) is 19.7 Å². The molecular formula is C12H10N4. The molecule has 3 rings (SSSR count). The molecule has 0 radical (unpaired) electrons. The van der Waals surface area contributed by atoms with Crippen LogP contribution in [0.3, 0.4) is 0 Å². The number of para-hydroxylation sites is 1. The standard InChI is InChI=1S/C12H10N4/c1-9-6-13-12(14-7-9)16-11-5-3-2-4-10(11)8-15-16/h2-8H,1H3. The molecule has 0 fully saturated rings. The van der Waals surface area contributed by atoms with Gasteiger partial charge in [0.2, 0.25) is 0 Å². The summed E-state index contributed by atoms with van der Waals surface area (Å²) in [7, 11) is 0. The number of hydrogen-bond donors (Lipinski definition) is 0. The van der Waals surface area contributed by atoms with Gasteiger partial charge in [0.15, 0.2) is 0 Å². The average molecular weight is 210 g/mol. The summed E-state index contributed by atoms with van der Waals surface area (Å²) in [5, 5.41) is 5.38. The van der Waals surface area contributed by atoms with Gasteiger partial charge in [-0.2, -0.15) is 9.78 Å². The van der Waals surface area contributed by atoms with Crippen molar-refractivity contribution in [2.45, 2.75) is 6.92 Å². The second kappa shape index (κ2) is 3.41. The molecule has 0 saturated carbocycles. The van der Waals surface area contributed by atoms with Crippen molar-refractivity contribution in [1.29, 1.82) is 0 Å². The van der Waals surface area contributed by atoms with Crippen LogP contribution in [0.2, 0.25) is 0 Å². The van der Waals surface area contributed by atoms with E-state index < -0.39 is 0 Å². The van der Waals surface area contributed by atoms with Crippen LogP contribution in [-0.4, -0.2) is 19.7 Å². The molecule has 0 saturated heterocycles. The number of aromatic nitrogens is 4. The van der Waals surface area contributed by atoms with E-state index in [0.717, 1.165) is 16.5 Å². The molecule has 4 heteroatoms. The van der Waals surface area contributed by atoms with Gasteiger partial charge < -0.3 is 0 Å². The van der Waals surface area contributed by atoms with E-state index in [9.17, 15) is 0 Å². The predicted octanol–water partition coefficient (Wildman–Crippen LogP) is 2.12. The Balaban J connectivity index is 2.22. The van der Waals surface area contributed by atoms with Crippen molar-refractivity contribution >= 4 is 10.9 Å². The number of hydrogen-bond acceptors (Lipinski definition) is 3. The van der Waals surface area contributed by atoms with Crippen molar-refractivity contribution in [3.8, 4) is 5.95 Å². The molecule has 0 bridgehead atoms. The highest BCUT2D eigenvalue weighted by molar-refractivity contribution is 5.79. The fourth-order valence-electron chi connectivity index (χ4n) is 1.63. The number of benzene rings is 1. The maximum absolute atomic E-state index is 4.29. The zero-order valence-corrected chi connectivity index (χ0v) is 8.83. The third kappa shape index (κ3) is 1.35. The van der Waals surface area contributed by atoms with Crippen molar-refractivity contribution in [3.63, 3.8) is 0 Å². The van der Waals surface area contributed by atoms with E-state index in [1.165, 1.54) is 0 Å². The van der Waals surface area contributed by atoms with Gasteiger partial charge in [0.25, 0.3) is 5.95 Å². The molecule has 3 aromatic rings. The minimum atomic E-state index is 0.604. The van der Waals surface area contributed by atoms with Gasteiger partial charge >= 0.3 is 0 Å². The molecule has 0 amide bonds. The van der Waals surface area contributed by atoms with Crippen LogP contribution < -0.4 is 0 Å². The molecule has 0 N–H and O–H groups in total. The highest BCUT2D eigenvalue weighted by Gasteiger charge is 2.05. The number of fused-ring (bicyclic) bond motifs is 1. The summed E-state index contributed by atoms with van der Waals surface area (Å²) in [5.41, 5.74) is 2.06. The number of rotatable bonds is 1. The minimum absolute atomic E-state index is 0.604. The van der Waals surface area contributed by atoms with Crippen LogP contribution in [0.5, 0.6) is 0 Å². The number of nitrogens with zero attached hydrogens (tertiary/aromatic N) is 4. The van der Waals surface area contributed by atoms with Crippen LogP contribution in [0.4, 0.5) is 0 Å². The van der Waals surface area contributed by atoms with Crippen LogP contribution in [0, 0.1) is 6.92 Å². The van der Waals surface area contributed by atoms with Crippen LogP contribution in [0.25, 0.3) is 16.9 Å². The summed E-state index contributed by atoms with van der Waals surface area (Å²) in [6.45, 7) is 1.96. The molecule has 0 atom stereocenters. The van der Waals surface area contributed by atoms with E-state index in [4.69, 9.17) is 0 Å². The van der Waals surface area contributed by atoms with Gasteiger partial charge in [-0.3, -0.25) is 0 Å². The normalized spacial score (nSPS) is 10.8. The first-order chi connectivity index (χ1) is 7.84. The molecule has 2 aromatic heterocycles. The Morgan fingerprint density at radius 2 is 1.75 bits per heavy atom. The van der Waals surface area contributed by atoms with Gasteiger partial charge in [-0.15, -0.1) is 0 Å². The lowest BCUT2D eigenvalue weighted by atomic mass is 10.3. The second-order valence-electron chi connectivity index (χ2n) is 3.68. The van der Waals surface area contributed by atoms with Gasteiger partial charge in [-0.05, 0) is 18.6 Å². The molecule has 4 nitrogen and oxygen atoms in total. The molecule has 0 unspecified atom stereocenters. The van der Waals surface area contributed by atoms with E-state index in [1.54, 1.807) is 17.1 Å². The Morgan fingerprint density at radius 3 is 2.56 bits per heavy atom. The molecule has 0 aliphatic carbocycles. The zero-order valence-electron chi connectivity index (χ0n) is 8.83. The lowest BCUT2D eigenvalue weighted by Crippen LogP contribution is -2.02.